The number of carboxylic acids is 1. The third kappa shape index (κ3) is 2.65. The van der Waals surface area contributed by atoms with Crippen molar-refractivity contribution in [3.63, 3.8) is 0 Å². The van der Waals surface area contributed by atoms with Gasteiger partial charge in [0.15, 0.2) is 0 Å². The zero-order chi connectivity index (χ0) is 12.4. The maximum atomic E-state index is 11.1. The van der Waals surface area contributed by atoms with E-state index in [1.807, 2.05) is 0 Å². The molecule has 1 aromatic rings. The molecule has 0 aromatic carbocycles. The first-order chi connectivity index (χ1) is 8.08. The number of nitrogens with one attached hydrogen (secondary N) is 1. The van der Waals surface area contributed by atoms with Gasteiger partial charge in [0, 0.05) is 39.3 Å². The van der Waals surface area contributed by atoms with E-state index < -0.39 is 5.97 Å². The van der Waals surface area contributed by atoms with Crippen molar-refractivity contribution in [1.82, 2.24) is 20.0 Å². The molecule has 17 heavy (non-hydrogen) atoms. The van der Waals surface area contributed by atoms with Crippen LogP contribution >= 0.6 is 0 Å². The highest BCUT2D eigenvalue weighted by molar-refractivity contribution is 5.88. The van der Waals surface area contributed by atoms with Gasteiger partial charge >= 0.3 is 5.97 Å². The number of aromatic nitrogens is 2. The summed E-state index contributed by atoms with van der Waals surface area (Å²) in [6.45, 7) is 5.60. The number of piperazine rings is 1. The summed E-state index contributed by atoms with van der Waals surface area (Å²) in [6.07, 6.45) is 1.42. The predicted octanol–water partition coefficient (Wildman–Crippen LogP) is -0.0880. The van der Waals surface area contributed by atoms with Crippen LogP contribution in [0.15, 0.2) is 6.20 Å². The molecule has 1 saturated heterocycles. The lowest BCUT2D eigenvalue weighted by atomic mass is 10.2. The van der Waals surface area contributed by atoms with Crippen molar-refractivity contribution in [3.05, 3.63) is 17.5 Å². The zero-order valence-electron chi connectivity index (χ0n) is 10.2. The Bertz CT molecular complexity index is 416. The molecule has 0 amide bonds. The maximum Gasteiger partial charge on any atom is 0.339 e. The van der Waals surface area contributed by atoms with E-state index in [9.17, 15) is 4.79 Å². The van der Waals surface area contributed by atoms with Crippen molar-refractivity contribution in [2.24, 2.45) is 7.05 Å². The van der Waals surface area contributed by atoms with Crippen LogP contribution < -0.4 is 5.32 Å². The fraction of sp³-hybridized carbons (Fsp3) is 0.636. The van der Waals surface area contributed by atoms with Gasteiger partial charge in [-0.3, -0.25) is 9.58 Å². The van der Waals surface area contributed by atoms with Crippen molar-refractivity contribution >= 4 is 5.97 Å². The SMILES string of the molecule is C[C@H]1CN(Cc2c(C(=O)O)cnn2C)CCN1. The topological polar surface area (TPSA) is 70.4 Å². The van der Waals surface area contributed by atoms with E-state index in [1.165, 1.54) is 6.20 Å². The van der Waals surface area contributed by atoms with Crippen LogP contribution in [0.5, 0.6) is 0 Å². The molecule has 1 fully saturated rings. The molecule has 94 valence electrons. The lowest BCUT2D eigenvalue weighted by Crippen LogP contribution is -2.48. The van der Waals surface area contributed by atoms with E-state index in [1.54, 1.807) is 11.7 Å². The molecule has 0 unspecified atom stereocenters. The van der Waals surface area contributed by atoms with Gasteiger partial charge < -0.3 is 10.4 Å². The molecule has 0 spiro atoms. The minimum absolute atomic E-state index is 0.304. The molecule has 2 heterocycles. The Hall–Kier alpha value is -1.40. The average Bonchev–Trinajstić information content (AvgIpc) is 2.61. The molecule has 1 aliphatic rings. The van der Waals surface area contributed by atoms with Crippen molar-refractivity contribution in [2.45, 2.75) is 19.5 Å². The molecule has 2 N–H and O–H groups in total. The third-order valence-corrected chi connectivity index (χ3v) is 3.12. The molecule has 0 radical (unpaired) electrons. The number of hydrogen-bond acceptors (Lipinski definition) is 4. The second-order valence-corrected chi connectivity index (χ2v) is 4.52. The number of carbonyl (C=O) groups is 1. The standard InChI is InChI=1S/C11H18N4O2/c1-8-6-15(4-3-12-8)7-10-9(11(16)17)5-13-14(10)2/h5,8,12H,3-4,6-7H2,1-2H3,(H,16,17)/t8-/m0/s1. The molecule has 1 atom stereocenters. The predicted molar refractivity (Wildman–Crippen MR) is 62.9 cm³/mol. The summed E-state index contributed by atoms with van der Waals surface area (Å²) >= 11 is 0. The first kappa shape index (κ1) is 12.1. The average molecular weight is 238 g/mol. The Balaban J connectivity index is 2.12. The Morgan fingerprint density at radius 2 is 2.47 bits per heavy atom. The molecule has 1 aliphatic heterocycles. The van der Waals surface area contributed by atoms with Gasteiger partial charge in [0.2, 0.25) is 0 Å². The summed E-state index contributed by atoms with van der Waals surface area (Å²) in [5.74, 6) is -0.906. The summed E-state index contributed by atoms with van der Waals surface area (Å²) < 4.78 is 1.65. The molecular weight excluding hydrogens is 220 g/mol. The minimum Gasteiger partial charge on any atom is -0.478 e. The van der Waals surface area contributed by atoms with Gasteiger partial charge in [0.05, 0.1) is 11.9 Å². The van der Waals surface area contributed by atoms with Crippen molar-refractivity contribution in [1.29, 1.82) is 0 Å². The maximum absolute atomic E-state index is 11.1. The van der Waals surface area contributed by atoms with E-state index >= 15 is 0 Å². The Morgan fingerprint density at radius 3 is 3.12 bits per heavy atom. The summed E-state index contributed by atoms with van der Waals surface area (Å²) in [6, 6.07) is 0.449. The number of rotatable bonds is 3. The fourth-order valence-electron chi connectivity index (χ4n) is 2.20. The van der Waals surface area contributed by atoms with Gasteiger partial charge in [-0.2, -0.15) is 5.10 Å². The number of hydrogen-bond donors (Lipinski definition) is 2. The van der Waals surface area contributed by atoms with Crippen LogP contribution in [0.25, 0.3) is 0 Å². The van der Waals surface area contributed by atoms with Gasteiger partial charge in [-0.1, -0.05) is 0 Å². The number of aromatic carboxylic acids is 1. The number of carboxylic acid groups (broad SMARTS) is 1. The number of nitrogens with zero attached hydrogens (tertiary/aromatic N) is 3. The summed E-state index contributed by atoms with van der Waals surface area (Å²) in [4.78, 5) is 13.3. The van der Waals surface area contributed by atoms with Crippen LogP contribution in [0.1, 0.15) is 23.0 Å². The van der Waals surface area contributed by atoms with E-state index in [4.69, 9.17) is 5.11 Å². The van der Waals surface area contributed by atoms with Crippen LogP contribution in [-0.4, -0.2) is 51.4 Å². The van der Waals surface area contributed by atoms with Crippen molar-refractivity contribution in [2.75, 3.05) is 19.6 Å². The van der Waals surface area contributed by atoms with Gasteiger partial charge in [-0.15, -0.1) is 0 Å². The Labute approximate surface area is 100 Å². The highest BCUT2D eigenvalue weighted by atomic mass is 16.4. The third-order valence-electron chi connectivity index (χ3n) is 3.12. The van der Waals surface area contributed by atoms with Crippen LogP contribution in [0.2, 0.25) is 0 Å². The highest BCUT2D eigenvalue weighted by Gasteiger charge is 2.21. The number of aryl methyl sites for hydroxylation is 1. The second kappa shape index (κ2) is 4.85. The van der Waals surface area contributed by atoms with Gasteiger partial charge in [0.25, 0.3) is 0 Å². The molecule has 0 aliphatic carbocycles. The van der Waals surface area contributed by atoms with Gasteiger partial charge in [0.1, 0.15) is 5.56 Å². The quantitative estimate of drug-likeness (QED) is 0.770. The molecule has 6 nitrogen and oxygen atoms in total. The first-order valence-corrected chi connectivity index (χ1v) is 5.78. The lowest BCUT2D eigenvalue weighted by Gasteiger charge is -2.31. The second-order valence-electron chi connectivity index (χ2n) is 4.52. The van der Waals surface area contributed by atoms with E-state index in [2.05, 4.69) is 22.2 Å². The van der Waals surface area contributed by atoms with Crippen LogP contribution in [0.4, 0.5) is 0 Å². The zero-order valence-corrected chi connectivity index (χ0v) is 10.2. The van der Waals surface area contributed by atoms with Crippen molar-refractivity contribution < 1.29 is 9.90 Å². The molecule has 0 saturated carbocycles. The first-order valence-electron chi connectivity index (χ1n) is 5.78. The van der Waals surface area contributed by atoms with E-state index in [0.29, 0.717) is 18.2 Å². The fourth-order valence-corrected chi connectivity index (χ4v) is 2.20. The van der Waals surface area contributed by atoms with Crippen LogP contribution in [0, 0.1) is 0 Å². The monoisotopic (exact) mass is 238 g/mol. The summed E-state index contributed by atoms with van der Waals surface area (Å²) in [5, 5.41) is 16.5. The Kier molecular flexibility index (Phi) is 3.44. The molecule has 6 heteroatoms. The van der Waals surface area contributed by atoms with Crippen molar-refractivity contribution in [3.8, 4) is 0 Å². The van der Waals surface area contributed by atoms with Crippen LogP contribution in [-0.2, 0) is 13.6 Å². The molecule has 2 rings (SSSR count). The smallest absolute Gasteiger partial charge is 0.339 e. The highest BCUT2D eigenvalue weighted by Crippen LogP contribution is 2.12. The minimum atomic E-state index is -0.906. The summed E-state index contributed by atoms with van der Waals surface area (Å²) in [5.41, 5.74) is 1.07. The Morgan fingerprint density at radius 1 is 1.71 bits per heavy atom. The molecular formula is C11H18N4O2. The van der Waals surface area contributed by atoms with Crippen LogP contribution in [0.3, 0.4) is 0 Å². The van der Waals surface area contributed by atoms with E-state index in [0.717, 1.165) is 25.3 Å². The summed E-state index contributed by atoms with van der Waals surface area (Å²) in [7, 11) is 1.79. The normalized spacial score (nSPS) is 21.6. The molecule has 0 bridgehead atoms. The molecule has 1 aromatic heterocycles. The van der Waals surface area contributed by atoms with Gasteiger partial charge in [-0.25, -0.2) is 4.79 Å². The largest absolute Gasteiger partial charge is 0.478 e. The lowest BCUT2D eigenvalue weighted by molar-refractivity contribution is 0.0693. The van der Waals surface area contributed by atoms with E-state index in [-0.39, 0.29) is 0 Å². The van der Waals surface area contributed by atoms with Gasteiger partial charge in [-0.05, 0) is 6.92 Å².